The van der Waals surface area contributed by atoms with Crippen LogP contribution in [0.15, 0.2) is 66.9 Å². The summed E-state index contributed by atoms with van der Waals surface area (Å²) in [6.45, 7) is -0.507. The van der Waals surface area contributed by atoms with Gasteiger partial charge in [-0.2, -0.15) is 26.3 Å². The summed E-state index contributed by atoms with van der Waals surface area (Å²) in [6, 6.07) is 11.0. The minimum Gasteiger partial charge on any atom is -0.490 e. The van der Waals surface area contributed by atoms with Gasteiger partial charge in [0.15, 0.2) is 0 Å². The average Bonchev–Trinajstić information content (AvgIpc) is 3.82. The lowest BCUT2D eigenvalue weighted by Crippen LogP contribution is -2.51. The molecule has 0 unspecified atom stereocenters. The molecule has 2 aromatic heterocycles. The molecule has 4 aromatic rings. The molecule has 2 atom stereocenters. The minimum absolute atomic E-state index is 0.0141. The highest BCUT2D eigenvalue weighted by atomic mass is 19.4. The predicted octanol–water partition coefficient (Wildman–Crippen LogP) is 5.83. The van der Waals surface area contributed by atoms with Crippen molar-refractivity contribution in [1.29, 1.82) is 0 Å². The van der Waals surface area contributed by atoms with E-state index in [9.17, 15) is 45.4 Å². The zero-order valence-electron chi connectivity index (χ0n) is 26.0. The minimum atomic E-state index is -5.47. The van der Waals surface area contributed by atoms with Gasteiger partial charge in [0.2, 0.25) is 11.5 Å². The number of carbonyl (C=O) groups excluding carboxylic acids is 2. The molecule has 262 valence electrons. The van der Waals surface area contributed by atoms with E-state index in [1.54, 1.807) is 0 Å². The van der Waals surface area contributed by atoms with E-state index in [1.807, 2.05) is 0 Å². The molecule has 16 heteroatoms. The Morgan fingerprint density at radius 2 is 1.70 bits per heavy atom. The zero-order valence-corrected chi connectivity index (χ0v) is 26.0. The van der Waals surface area contributed by atoms with Crippen molar-refractivity contribution in [2.45, 2.75) is 49.2 Å². The summed E-state index contributed by atoms with van der Waals surface area (Å²) >= 11 is 0. The van der Waals surface area contributed by atoms with Crippen LogP contribution in [0.3, 0.4) is 0 Å². The monoisotopic (exact) mass is 704 g/mol. The van der Waals surface area contributed by atoms with Gasteiger partial charge in [0.05, 0.1) is 18.3 Å². The van der Waals surface area contributed by atoms with Gasteiger partial charge in [-0.25, -0.2) is 9.37 Å². The van der Waals surface area contributed by atoms with Crippen LogP contribution in [0.25, 0.3) is 22.4 Å². The summed E-state index contributed by atoms with van der Waals surface area (Å²) in [6.07, 6.45) is -8.12. The quantitative estimate of drug-likeness (QED) is 0.187. The van der Waals surface area contributed by atoms with Gasteiger partial charge in [0.25, 0.3) is 5.91 Å². The van der Waals surface area contributed by atoms with E-state index in [1.165, 1.54) is 37.3 Å². The van der Waals surface area contributed by atoms with E-state index < -0.39 is 58.9 Å². The third-order valence-electron chi connectivity index (χ3n) is 8.55. The number of carbonyl (C=O) groups is 2. The number of amides is 2. The Hall–Kier alpha value is -5.25. The van der Waals surface area contributed by atoms with Crippen molar-refractivity contribution in [2.75, 3.05) is 13.2 Å². The SMILES string of the molecule is C[C@]1(C(N)=O)COc2c1cc([C@@](O)(CNC(=O)c1ccc(OC3CC3)c(-c3ccnc(C(F)(F)F)c3)c1)C(F)(F)F)nc2-c1ccc(F)cc1. The Morgan fingerprint density at radius 3 is 2.32 bits per heavy atom. The lowest BCUT2D eigenvalue weighted by atomic mass is 9.81. The Labute approximate surface area is 279 Å². The van der Waals surface area contributed by atoms with E-state index in [-0.39, 0.29) is 57.7 Å². The summed E-state index contributed by atoms with van der Waals surface area (Å²) in [5, 5.41) is 13.4. The fourth-order valence-corrected chi connectivity index (χ4v) is 5.37. The molecular weight excluding hydrogens is 677 g/mol. The van der Waals surface area contributed by atoms with E-state index in [0.717, 1.165) is 36.5 Å². The van der Waals surface area contributed by atoms with E-state index >= 15 is 0 Å². The molecule has 4 N–H and O–H groups in total. The summed E-state index contributed by atoms with van der Waals surface area (Å²) in [5.41, 5.74) is -2.64. The maximum atomic E-state index is 14.8. The maximum Gasteiger partial charge on any atom is 0.433 e. The Balaban J connectivity index is 1.38. The first kappa shape index (κ1) is 34.6. The summed E-state index contributed by atoms with van der Waals surface area (Å²) < 4.78 is 110. The lowest BCUT2D eigenvalue weighted by Gasteiger charge is -2.31. The van der Waals surface area contributed by atoms with E-state index in [0.29, 0.717) is 12.8 Å². The lowest BCUT2D eigenvalue weighted by molar-refractivity contribution is -0.265. The molecule has 3 heterocycles. The second kappa shape index (κ2) is 12.3. The number of pyridine rings is 2. The molecule has 6 rings (SSSR count). The first-order valence-corrected chi connectivity index (χ1v) is 15.1. The molecule has 1 fully saturated rings. The standard InChI is InChI=1S/C34H27F7N4O5/c1-31(30(42)47)16-49-28-23(31)14-25(45-27(28)17-2-5-20(35)6-3-17)32(48,34(39,40)41)15-44-29(46)19-4-9-24(50-21-7-8-21)22(12-19)18-10-11-43-26(13-18)33(36,37)38/h2-6,9-14,21,48H,7-8,15-16H2,1H3,(H2,42,47)(H,44,46)/t31-,32-/m0/s1. The second-order valence-electron chi connectivity index (χ2n) is 12.2. The maximum absolute atomic E-state index is 14.8. The van der Waals surface area contributed by atoms with Crippen molar-refractivity contribution in [1.82, 2.24) is 15.3 Å². The first-order chi connectivity index (χ1) is 23.4. The summed E-state index contributed by atoms with van der Waals surface area (Å²) in [4.78, 5) is 33.2. The van der Waals surface area contributed by atoms with Gasteiger partial charge in [0.1, 0.15) is 40.7 Å². The molecule has 0 radical (unpaired) electrons. The number of hydrogen-bond acceptors (Lipinski definition) is 7. The molecule has 0 spiro atoms. The number of aromatic nitrogens is 2. The summed E-state index contributed by atoms with van der Waals surface area (Å²) in [5.74, 6) is -2.67. The van der Waals surface area contributed by atoms with Crippen LogP contribution in [0.2, 0.25) is 0 Å². The molecule has 0 saturated heterocycles. The number of benzene rings is 2. The number of hydrogen-bond donors (Lipinski definition) is 3. The van der Waals surface area contributed by atoms with Crippen molar-refractivity contribution in [2.24, 2.45) is 5.73 Å². The van der Waals surface area contributed by atoms with Gasteiger partial charge < -0.3 is 25.6 Å². The fraction of sp³-hybridized carbons (Fsp3) is 0.294. The van der Waals surface area contributed by atoms with Crippen molar-refractivity contribution in [3.8, 4) is 33.9 Å². The van der Waals surface area contributed by atoms with Crippen molar-refractivity contribution < 1.29 is 54.9 Å². The molecule has 0 bridgehead atoms. The van der Waals surface area contributed by atoms with Gasteiger partial charge in [-0.15, -0.1) is 0 Å². The van der Waals surface area contributed by atoms with Crippen molar-refractivity contribution in [3.63, 3.8) is 0 Å². The molecule has 50 heavy (non-hydrogen) atoms. The van der Waals surface area contributed by atoms with E-state index in [2.05, 4.69) is 15.3 Å². The Morgan fingerprint density at radius 1 is 1.00 bits per heavy atom. The van der Waals surface area contributed by atoms with Crippen LogP contribution in [0.4, 0.5) is 30.7 Å². The molecule has 1 saturated carbocycles. The van der Waals surface area contributed by atoms with Gasteiger partial charge in [-0.3, -0.25) is 14.6 Å². The average molecular weight is 705 g/mol. The van der Waals surface area contributed by atoms with Crippen LogP contribution in [-0.2, 0) is 22.0 Å². The molecular formula is C34H27F7N4O5. The Kier molecular flexibility index (Phi) is 8.49. The third-order valence-corrected chi connectivity index (χ3v) is 8.55. The number of nitrogens with zero attached hydrogens (tertiary/aromatic N) is 2. The van der Waals surface area contributed by atoms with Crippen LogP contribution >= 0.6 is 0 Å². The molecule has 2 amide bonds. The number of nitrogens with one attached hydrogen (secondary N) is 1. The third kappa shape index (κ3) is 6.42. The number of halogens is 7. The number of primary amides is 1. The molecule has 1 aliphatic carbocycles. The zero-order chi connectivity index (χ0) is 36.2. The van der Waals surface area contributed by atoms with Gasteiger partial charge in [-0.1, -0.05) is 0 Å². The fourth-order valence-electron chi connectivity index (χ4n) is 5.37. The van der Waals surface area contributed by atoms with Crippen LogP contribution < -0.4 is 20.5 Å². The largest absolute Gasteiger partial charge is 0.490 e. The number of rotatable bonds is 9. The number of aliphatic hydroxyl groups is 1. The smallest absolute Gasteiger partial charge is 0.433 e. The van der Waals surface area contributed by atoms with Crippen LogP contribution in [0.5, 0.6) is 11.5 Å². The normalized spacial score (nSPS) is 18.5. The van der Waals surface area contributed by atoms with Gasteiger partial charge >= 0.3 is 12.4 Å². The topological polar surface area (TPSA) is 137 Å². The van der Waals surface area contributed by atoms with Crippen LogP contribution in [-0.4, -0.2) is 52.3 Å². The van der Waals surface area contributed by atoms with Crippen LogP contribution in [0.1, 0.15) is 47.1 Å². The highest BCUT2D eigenvalue weighted by molar-refractivity contribution is 5.96. The van der Waals surface area contributed by atoms with Crippen LogP contribution in [0, 0.1) is 5.82 Å². The first-order valence-electron chi connectivity index (χ1n) is 15.1. The molecule has 2 aromatic carbocycles. The van der Waals surface area contributed by atoms with Crippen molar-refractivity contribution >= 4 is 11.8 Å². The number of nitrogens with two attached hydrogens (primary N) is 1. The molecule has 9 nitrogen and oxygen atoms in total. The molecule has 2 aliphatic rings. The van der Waals surface area contributed by atoms with Gasteiger partial charge in [0, 0.05) is 28.5 Å². The highest BCUT2D eigenvalue weighted by Crippen LogP contribution is 2.48. The number of alkyl halides is 6. The number of fused-ring (bicyclic) bond motifs is 1. The predicted molar refractivity (Wildman–Crippen MR) is 162 cm³/mol. The summed E-state index contributed by atoms with van der Waals surface area (Å²) in [7, 11) is 0. The molecule has 1 aliphatic heterocycles. The number of ether oxygens (including phenoxy) is 2. The highest BCUT2D eigenvalue weighted by Gasteiger charge is 2.57. The van der Waals surface area contributed by atoms with E-state index in [4.69, 9.17) is 15.2 Å². The van der Waals surface area contributed by atoms with Gasteiger partial charge in [-0.05, 0) is 86.0 Å². The van der Waals surface area contributed by atoms with Crippen molar-refractivity contribution in [3.05, 3.63) is 95.2 Å². The Bertz CT molecular complexity index is 1980. The second-order valence-corrected chi connectivity index (χ2v) is 12.2.